The number of likely N-dealkylation sites (tertiary alicyclic amines) is 1. The third-order valence-electron chi connectivity index (χ3n) is 4.84. The Morgan fingerprint density at radius 1 is 1.10 bits per heavy atom. The van der Waals surface area contributed by atoms with Gasteiger partial charge in [0, 0.05) is 29.4 Å². The van der Waals surface area contributed by atoms with E-state index in [1.54, 1.807) is 49.4 Å². The van der Waals surface area contributed by atoms with Gasteiger partial charge in [-0.05, 0) is 72.1 Å². The molecule has 1 fully saturated rings. The molecule has 2 aromatic carbocycles. The molecule has 154 valence electrons. The lowest BCUT2D eigenvalue weighted by atomic mass is 10.1. The summed E-state index contributed by atoms with van der Waals surface area (Å²) in [6, 6.07) is 12.2. The van der Waals surface area contributed by atoms with Crippen molar-refractivity contribution < 1.29 is 14.3 Å². The third-order valence-corrected chi connectivity index (χ3v) is 5.69. The van der Waals surface area contributed by atoms with Gasteiger partial charge in [0.25, 0.3) is 11.8 Å². The van der Waals surface area contributed by atoms with Crippen molar-refractivity contribution in [3.05, 3.63) is 57.5 Å². The fraction of sp³-hybridized carbons (Fsp3) is 0.364. The van der Waals surface area contributed by atoms with Crippen molar-refractivity contribution in [3.8, 4) is 5.75 Å². The smallest absolute Gasteiger partial charge is 0.265 e. The number of halogens is 2. The van der Waals surface area contributed by atoms with Crippen molar-refractivity contribution in [3.63, 3.8) is 0 Å². The maximum absolute atomic E-state index is 12.8. The number of benzene rings is 2. The summed E-state index contributed by atoms with van der Waals surface area (Å²) in [5.74, 6) is 0.241. The lowest BCUT2D eigenvalue weighted by Crippen LogP contribution is -2.32. The summed E-state index contributed by atoms with van der Waals surface area (Å²) in [5, 5.41) is 3.40. The molecule has 7 heteroatoms. The van der Waals surface area contributed by atoms with Crippen molar-refractivity contribution >= 4 is 45.0 Å². The monoisotopic (exact) mass is 478 g/mol. The van der Waals surface area contributed by atoms with Crippen LogP contribution in [0.1, 0.15) is 43.0 Å². The number of hydrogen-bond donors (Lipinski definition) is 1. The summed E-state index contributed by atoms with van der Waals surface area (Å²) in [6.07, 6.45) is 3.69. The number of anilines is 1. The average molecular weight is 480 g/mol. The summed E-state index contributed by atoms with van der Waals surface area (Å²) in [7, 11) is 0. The van der Waals surface area contributed by atoms with Gasteiger partial charge in [0.2, 0.25) is 0 Å². The SMILES string of the molecule is CC(Oc1ccc(Cl)cc1Br)C(=O)Nc1cccc(C(=O)N2CCCCCC2)c1. The number of carbonyl (C=O) groups is 2. The first kappa shape index (κ1) is 21.7. The van der Waals surface area contributed by atoms with Crippen LogP contribution in [0.4, 0.5) is 5.69 Å². The summed E-state index contributed by atoms with van der Waals surface area (Å²) in [5.41, 5.74) is 1.15. The van der Waals surface area contributed by atoms with Gasteiger partial charge >= 0.3 is 0 Å². The normalized spacial score (nSPS) is 15.3. The average Bonchev–Trinajstić information content (AvgIpc) is 2.99. The summed E-state index contributed by atoms with van der Waals surface area (Å²) in [6.45, 7) is 3.25. The molecule has 1 atom stereocenters. The molecule has 1 heterocycles. The zero-order valence-corrected chi connectivity index (χ0v) is 18.6. The predicted octanol–water partition coefficient (Wildman–Crippen LogP) is 5.52. The molecule has 2 aromatic rings. The van der Waals surface area contributed by atoms with E-state index in [1.165, 1.54) is 12.8 Å². The second-order valence-corrected chi connectivity index (χ2v) is 8.40. The Labute approximate surface area is 184 Å². The second kappa shape index (κ2) is 10.1. The van der Waals surface area contributed by atoms with Crippen molar-refractivity contribution in [1.82, 2.24) is 4.90 Å². The summed E-state index contributed by atoms with van der Waals surface area (Å²) >= 11 is 9.31. The number of hydrogen-bond acceptors (Lipinski definition) is 3. The van der Waals surface area contributed by atoms with E-state index in [9.17, 15) is 9.59 Å². The van der Waals surface area contributed by atoms with Gasteiger partial charge in [-0.15, -0.1) is 0 Å². The number of amides is 2. The standard InChI is InChI=1S/C22H24BrClN2O3/c1-15(29-20-10-9-17(24)14-19(20)23)21(27)25-18-8-6-7-16(13-18)22(28)26-11-4-2-3-5-12-26/h6-10,13-15H,2-5,11-12H2,1H3,(H,25,27). The van der Waals surface area contributed by atoms with E-state index in [1.807, 2.05) is 4.90 Å². The molecule has 0 aromatic heterocycles. The van der Waals surface area contributed by atoms with Crippen LogP contribution in [0.3, 0.4) is 0 Å². The van der Waals surface area contributed by atoms with Gasteiger partial charge in [-0.1, -0.05) is 30.5 Å². The molecule has 0 bridgehead atoms. The van der Waals surface area contributed by atoms with Gasteiger partial charge in [0.15, 0.2) is 6.10 Å². The van der Waals surface area contributed by atoms with Gasteiger partial charge < -0.3 is 15.0 Å². The van der Waals surface area contributed by atoms with E-state index in [4.69, 9.17) is 16.3 Å². The second-order valence-electron chi connectivity index (χ2n) is 7.11. The van der Waals surface area contributed by atoms with Crippen LogP contribution < -0.4 is 10.1 Å². The van der Waals surface area contributed by atoms with E-state index in [0.717, 1.165) is 25.9 Å². The number of carbonyl (C=O) groups excluding carboxylic acids is 2. The number of nitrogens with one attached hydrogen (secondary N) is 1. The molecule has 0 saturated carbocycles. The lowest BCUT2D eigenvalue weighted by molar-refractivity contribution is -0.122. The minimum atomic E-state index is -0.725. The highest BCUT2D eigenvalue weighted by Gasteiger charge is 2.19. The molecule has 0 spiro atoms. The fourth-order valence-corrected chi connectivity index (χ4v) is 4.02. The molecule has 1 N–H and O–H groups in total. The quantitative estimate of drug-likeness (QED) is 0.614. The molecule has 2 amide bonds. The first-order valence-corrected chi connectivity index (χ1v) is 10.9. The highest BCUT2D eigenvalue weighted by molar-refractivity contribution is 9.10. The predicted molar refractivity (Wildman–Crippen MR) is 119 cm³/mol. The first-order valence-electron chi connectivity index (χ1n) is 9.76. The number of rotatable bonds is 5. The molecule has 0 aliphatic carbocycles. The molecular weight excluding hydrogens is 456 g/mol. The minimum Gasteiger partial charge on any atom is -0.480 e. The van der Waals surface area contributed by atoms with E-state index < -0.39 is 6.10 Å². The Kier molecular flexibility index (Phi) is 7.56. The highest BCUT2D eigenvalue weighted by Crippen LogP contribution is 2.29. The van der Waals surface area contributed by atoms with Crippen molar-refractivity contribution in [1.29, 1.82) is 0 Å². The van der Waals surface area contributed by atoms with Crippen LogP contribution in [0.2, 0.25) is 5.02 Å². The summed E-state index contributed by atoms with van der Waals surface area (Å²) in [4.78, 5) is 27.3. The molecule has 1 saturated heterocycles. The van der Waals surface area contributed by atoms with Gasteiger partial charge in [0.1, 0.15) is 5.75 Å². The molecule has 0 radical (unpaired) electrons. The van der Waals surface area contributed by atoms with Crippen LogP contribution in [0.15, 0.2) is 46.9 Å². The van der Waals surface area contributed by atoms with Gasteiger partial charge in [-0.25, -0.2) is 0 Å². The van der Waals surface area contributed by atoms with Crippen LogP contribution in [-0.2, 0) is 4.79 Å². The van der Waals surface area contributed by atoms with Crippen molar-refractivity contribution in [2.24, 2.45) is 0 Å². The lowest BCUT2D eigenvalue weighted by Gasteiger charge is -2.21. The van der Waals surface area contributed by atoms with Crippen molar-refractivity contribution in [2.75, 3.05) is 18.4 Å². The molecular formula is C22H24BrClN2O3. The molecule has 1 aliphatic heterocycles. The molecule has 1 aliphatic rings. The van der Waals surface area contributed by atoms with Gasteiger partial charge in [-0.3, -0.25) is 9.59 Å². The maximum Gasteiger partial charge on any atom is 0.265 e. The molecule has 5 nitrogen and oxygen atoms in total. The van der Waals surface area contributed by atoms with Crippen LogP contribution in [0.5, 0.6) is 5.75 Å². The molecule has 29 heavy (non-hydrogen) atoms. The highest BCUT2D eigenvalue weighted by atomic mass is 79.9. The Morgan fingerprint density at radius 2 is 1.83 bits per heavy atom. The van der Waals surface area contributed by atoms with E-state index in [2.05, 4.69) is 21.2 Å². The molecule has 3 rings (SSSR count). The van der Waals surface area contributed by atoms with E-state index in [0.29, 0.717) is 26.5 Å². The van der Waals surface area contributed by atoms with Crippen LogP contribution >= 0.6 is 27.5 Å². The van der Waals surface area contributed by atoms with Gasteiger partial charge in [0.05, 0.1) is 4.47 Å². The first-order chi connectivity index (χ1) is 13.9. The maximum atomic E-state index is 12.8. The third kappa shape index (κ3) is 5.97. The summed E-state index contributed by atoms with van der Waals surface area (Å²) < 4.78 is 6.40. The largest absolute Gasteiger partial charge is 0.480 e. The number of nitrogens with zero attached hydrogens (tertiary/aromatic N) is 1. The van der Waals surface area contributed by atoms with E-state index in [-0.39, 0.29) is 11.8 Å². The van der Waals surface area contributed by atoms with E-state index >= 15 is 0 Å². The fourth-order valence-electron chi connectivity index (χ4n) is 3.24. The van der Waals surface area contributed by atoms with Crippen molar-refractivity contribution in [2.45, 2.75) is 38.7 Å². The minimum absolute atomic E-state index is 0.0115. The Bertz CT molecular complexity index is 882. The van der Waals surface area contributed by atoms with Crippen LogP contribution in [0.25, 0.3) is 0 Å². The van der Waals surface area contributed by atoms with Crippen LogP contribution in [0, 0.1) is 0 Å². The topological polar surface area (TPSA) is 58.6 Å². The molecule has 1 unspecified atom stereocenters. The Balaban J connectivity index is 1.64. The number of ether oxygens (including phenoxy) is 1. The zero-order valence-electron chi connectivity index (χ0n) is 16.3. The van der Waals surface area contributed by atoms with Gasteiger partial charge in [-0.2, -0.15) is 0 Å². The Hall–Kier alpha value is -2.05. The van der Waals surface area contributed by atoms with Crippen LogP contribution in [-0.4, -0.2) is 35.9 Å². The Morgan fingerprint density at radius 3 is 2.52 bits per heavy atom. The zero-order chi connectivity index (χ0) is 20.8.